The maximum atomic E-state index is 10.6. The van der Waals surface area contributed by atoms with Gasteiger partial charge in [-0.3, -0.25) is 0 Å². The van der Waals surface area contributed by atoms with Gasteiger partial charge in [-0.2, -0.15) is 0 Å². The van der Waals surface area contributed by atoms with Crippen LogP contribution in [0.2, 0.25) is 0 Å². The predicted octanol–water partition coefficient (Wildman–Crippen LogP) is 0.843. The van der Waals surface area contributed by atoms with Gasteiger partial charge >= 0.3 is 5.97 Å². The number of carboxylic acid groups (broad SMARTS) is 1. The van der Waals surface area contributed by atoms with E-state index in [4.69, 9.17) is 5.11 Å². The first-order valence-corrected chi connectivity index (χ1v) is 8.66. The topological polar surface area (TPSA) is 118 Å². The molecule has 2 rings (SSSR count). The minimum absolute atomic E-state index is 0.0166. The van der Waals surface area contributed by atoms with Gasteiger partial charge in [0, 0.05) is 12.3 Å². The lowest BCUT2D eigenvalue weighted by atomic mass is 9.66. The van der Waals surface area contributed by atoms with Crippen LogP contribution in [0, 0.1) is 17.8 Å². The molecule has 6 nitrogen and oxygen atoms in total. The highest BCUT2D eigenvalue weighted by molar-refractivity contribution is 5.72. The number of fused-ring (bicyclic) bond motifs is 1. The van der Waals surface area contributed by atoms with Crippen molar-refractivity contribution in [3.8, 4) is 0 Å². The van der Waals surface area contributed by atoms with Gasteiger partial charge in [0.25, 0.3) is 0 Å². The summed E-state index contributed by atoms with van der Waals surface area (Å²) in [4.78, 5) is 10.6. The van der Waals surface area contributed by atoms with Gasteiger partial charge in [0.05, 0.1) is 18.3 Å². The predicted molar refractivity (Wildman–Crippen MR) is 88.1 cm³/mol. The molecule has 7 atom stereocenters. The maximum Gasteiger partial charge on any atom is 0.335 e. The summed E-state index contributed by atoms with van der Waals surface area (Å²) in [5, 5.41) is 47.7. The molecule has 24 heavy (non-hydrogen) atoms. The van der Waals surface area contributed by atoms with Crippen LogP contribution < -0.4 is 0 Å². The lowest BCUT2D eigenvalue weighted by Crippen LogP contribution is -2.39. The average Bonchev–Trinajstić information content (AvgIpc) is 2.52. The molecule has 0 aromatic rings. The Morgan fingerprint density at radius 2 is 2.00 bits per heavy atom. The van der Waals surface area contributed by atoms with E-state index < -0.39 is 30.4 Å². The molecule has 0 spiro atoms. The first kappa shape index (κ1) is 19.1. The lowest BCUT2D eigenvalue weighted by Gasteiger charge is -2.41. The number of hydrogen-bond donors (Lipinski definition) is 5. The third-order valence-corrected chi connectivity index (χ3v) is 5.30. The van der Waals surface area contributed by atoms with Crippen molar-refractivity contribution in [2.75, 3.05) is 0 Å². The summed E-state index contributed by atoms with van der Waals surface area (Å²) >= 11 is 0. The number of aliphatic carboxylic acids is 1. The van der Waals surface area contributed by atoms with Crippen LogP contribution >= 0.6 is 0 Å². The Labute approximate surface area is 142 Å². The van der Waals surface area contributed by atoms with E-state index in [0.717, 1.165) is 18.4 Å². The number of aliphatic hydroxyl groups is 4. The number of rotatable bonds is 7. The lowest BCUT2D eigenvalue weighted by molar-refractivity contribution is -0.153. The minimum Gasteiger partial charge on any atom is -0.479 e. The number of unbranched alkanes of at least 4 members (excludes halogenated alkanes) is 1. The second-order valence-corrected chi connectivity index (χ2v) is 7.08. The van der Waals surface area contributed by atoms with Crippen molar-refractivity contribution in [3.63, 3.8) is 0 Å². The third-order valence-electron chi connectivity index (χ3n) is 5.30. The molecule has 2 unspecified atom stereocenters. The van der Waals surface area contributed by atoms with Crippen molar-refractivity contribution in [2.24, 2.45) is 17.8 Å². The number of allylic oxidation sites excluding steroid dienone is 2. The van der Waals surface area contributed by atoms with Crippen molar-refractivity contribution < 1.29 is 30.3 Å². The molecule has 0 fully saturated rings. The Morgan fingerprint density at radius 1 is 1.29 bits per heavy atom. The maximum absolute atomic E-state index is 10.6. The fourth-order valence-electron chi connectivity index (χ4n) is 3.95. The first-order chi connectivity index (χ1) is 11.3. The minimum atomic E-state index is -1.74. The number of hydrogen-bond acceptors (Lipinski definition) is 5. The SMILES string of the molecule is C[C@H]1C=CC2=C[C@@H](O)C[C@H](O)[C@@H]2[C@H]1CCCCC(O)C(O)C(=O)O. The Kier molecular flexibility index (Phi) is 6.57. The zero-order valence-electron chi connectivity index (χ0n) is 14.0. The van der Waals surface area contributed by atoms with Gasteiger partial charge in [0.15, 0.2) is 6.10 Å². The largest absolute Gasteiger partial charge is 0.479 e. The highest BCUT2D eigenvalue weighted by atomic mass is 16.4. The van der Waals surface area contributed by atoms with Gasteiger partial charge in [-0.15, -0.1) is 0 Å². The summed E-state index contributed by atoms with van der Waals surface area (Å²) in [6, 6.07) is 0. The molecule has 0 amide bonds. The molecule has 2 aliphatic carbocycles. The van der Waals surface area contributed by atoms with E-state index in [-0.39, 0.29) is 18.3 Å². The monoisotopic (exact) mass is 340 g/mol. The van der Waals surface area contributed by atoms with Crippen molar-refractivity contribution >= 4 is 5.97 Å². The molecule has 0 aromatic heterocycles. The van der Waals surface area contributed by atoms with E-state index >= 15 is 0 Å². The molecule has 0 saturated carbocycles. The fourth-order valence-corrected chi connectivity index (χ4v) is 3.95. The molecule has 6 heteroatoms. The second kappa shape index (κ2) is 8.25. The standard InChI is InChI=1S/C18H28O6/c1-10-6-7-11-8-12(19)9-15(21)16(11)13(10)4-2-3-5-14(20)17(22)18(23)24/h6-8,10,12-17,19-22H,2-5,9H2,1H3,(H,23,24)/t10-,12+,13-,14?,15-,16-,17?/m0/s1. The summed E-state index contributed by atoms with van der Waals surface area (Å²) in [5.41, 5.74) is 0.991. The van der Waals surface area contributed by atoms with Crippen LogP contribution in [0.5, 0.6) is 0 Å². The molecule has 0 aromatic carbocycles. The zero-order chi connectivity index (χ0) is 17.9. The van der Waals surface area contributed by atoms with Gasteiger partial charge in [-0.25, -0.2) is 4.79 Å². The Hall–Kier alpha value is -1.21. The molecule has 0 bridgehead atoms. The number of carboxylic acids is 1. The molecule has 0 heterocycles. The molecule has 136 valence electrons. The quantitative estimate of drug-likeness (QED) is 0.438. The number of carbonyl (C=O) groups is 1. The second-order valence-electron chi connectivity index (χ2n) is 7.08. The van der Waals surface area contributed by atoms with Crippen molar-refractivity contribution in [1.82, 2.24) is 0 Å². The molecule has 0 saturated heterocycles. The summed E-state index contributed by atoms with van der Waals surface area (Å²) in [7, 11) is 0. The zero-order valence-corrected chi connectivity index (χ0v) is 14.0. The normalized spacial score (nSPS) is 35.0. The van der Waals surface area contributed by atoms with E-state index in [9.17, 15) is 25.2 Å². The summed E-state index contributed by atoms with van der Waals surface area (Å²) in [5.74, 6) is -0.827. The first-order valence-electron chi connectivity index (χ1n) is 8.66. The van der Waals surface area contributed by atoms with Crippen LogP contribution in [-0.2, 0) is 4.79 Å². The molecule has 0 radical (unpaired) electrons. The molecular formula is C18H28O6. The highest BCUT2D eigenvalue weighted by Crippen LogP contribution is 2.42. The van der Waals surface area contributed by atoms with Crippen LogP contribution in [0.1, 0.15) is 39.0 Å². The van der Waals surface area contributed by atoms with Crippen molar-refractivity contribution in [1.29, 1.82) is 0 Å². The van der Waals surface area contributed by atoms with E-state index in [1.54, 1.807) is 0 Å². The smallest absolute Gasteiger partial charge is 0.335 e. The van der Waals surface area contributed by atoms with Gasteiger partial charge in [-0.1, -0.05) is 38.0 Å². The van der Waals surface area contributed by atoms with Crippen LogP contribution in [0.25, 0.3) is 0 Å². The van der Waals surface area contributed by atoms with Crippen LogP contribution in [0.3, 0.4) is 0 Å². The molecular weight excluding hydrogens is 312 g/mol. The van der Waals surface area contributed by atoms with Gasteiger partial charge in [-0.05, 0) is 30.3 Å². The Morgan fingerprint density at radius 3 is 2.67 bits per heavy atom. The average molecular weight is 340 g/mol. The molecule has 0 aliphatic heterocycles. The number of aliphatic hydroxyl groups excluding tert-OH is 4. The summed E-state index contributed by atoms with van der Waals surface area (Å²) < 4.78 is 0. The van der Waals surface area contributed by atoms with Gasteiger partial charge in [0.2, 0.25) is 0 Å². The van der Waals surface area contributed by atoms with Gasteiger partial charge < -0.3 is 25.5 Å². The Balaban J connectivity index is 1.88. The van der Waals surface area contributed by atoms with E-state index in [1.807, 2.05) is 12.2 Å². The van der Waals surface area contributed by atoms with Crippen LogP contribution in [0.15, 0.2) is 23.8 Å². The summed E-state index contributed by atoms with van der Waals surface area (Å²) in [6.07, 6.45) is 4.59. The van der Waals surface area contributed by atoms with Crippen molar-refractivity contribution in [3.05, 3.63) is 23.8 Å². The van der Waals surface area contributed by atoms with E-state index in [2.05, 4.69) is 13.0 Å². The Bertz CT molecular complexity index is 500. The fraction of sp³-hybridized carbons (Fsp3) is 0.722. The van der Waals surface area contributed by atoms with E-state index in [1.165, 1.54) is 0 Å². The van der Waals surface area contributed by atoms with Crippen molar-refractivity contribution in [2.45, 2.75) is 63.4 Å². The summed E-state index contributed by atoms with van der Waals surface area (Å²) in [6.45, 7) is 2.11. The van der Waals surface area contributed by atoms with E-state index in [0.29, 0.717) is 18.8 Å². The molecule has 2 aliphatic rings. The van der Waals surface area contributed by atoms with Crippen LogP contribution in [-0.4, -0.2) is 55.9 Å². The molecule has 5 N–H and O–H groups in total. The van der Waals surface area contributed by atoms with Gasteiger partial charge in [0.1, 0.15) is 0 Å². The third kappa shape index (κ3) is 4.45. The van der Waals surface area contributed by atoms with Crippen LogP contribution in [0.4, 0.5) is 0 Å². The highest BCUT2D eigenvalue weighted by Gasteiger charge is 2.38.